The van der Waals surface area contributed by atoms with Gasteiger partial charge in [0.05, 0.1) is 6.42 Å². The molecule has 25 heavy (non-hydrogen) atoms. The van der Waals surface area contributed by atoms with Crippen LogP contribution in [-0.4, -0.2) is 28.8 Å². The second kappa shape index (κ2) is 8.64. The lowest BCUT2D eigenvalue weighted by atomic mass is 10.1. The van der Waals surface area contributed by atoms with Gasteiger partial charge in [0, 0.05) is 24.9 Å². The minimum atomic E-state index is -0.609. The molecule has 1 N–H and O–H groups in total. The fourth-order valence-corrected chi connectivity index (χ4v) is 2.29. The Morgan fingerprint density at radius 2 is 1.80 bits per heavy atom. The van der Waals surface area contributed by atoms with E-state index in [1.807, 2.05) is 12.1 Å². The summed E-state index contributed by atoms with van der Waals surface area (Å²) >= 11 is 0. The summed E-state index contributed by atoms with van der Waals surface area (Å²) < 4.78 is 0. The highest BCUT2D eigenvalue weighted by molar-refractivity contribution is 6.01. The van der Waals surface area contributed by atoms with Gasteiger partial charge in [-0.15, -0.1) is 11.5 Å². The zero-order chi connectivity index (χ0) is 18.2. The van der Waals surface area contributed by atoms with Gasteiger partial charge in [-0.25, -0.2) is 4.79 Å². The topological polar surface area (TPSA) is 92.8 Å². The molecular formula is C18H18N2O5. The maximum atomic E-state index is 11.7. The molecule has 0 atom stereocenters. The second-order valence-electron chi connectivity index (χ2n) is 5.52. The van der Waals surface area contributed by atoms with E-state index in [1.54, 1.807) is 12.1 Å². The van der Waals surface area contributed by atoms with Crippen LogP contribution in [0, 0.1) is 12.3 Å². The first-order chi connectivity index (χ1) is 12.0. The standard InChI is InChI=1S/C18H18N2O5/c1-2-4-15(21)19-14-9-7-13(8-10-14)5-3-6-18(24)25-20-16(22)11-12-17(20)23/h1,7-10H,3-6,11-12H2,(H,19,21). The molecule has 0 saturated carbocycles. The smallest absolute Gasteiger partial charge is 0.330 e. The average Bonchev–Trinajstić information content (AvgIpc) is 2.88. The van der Waals surface area contributed by atoms with E-state index in [9.17, 15) is 19.2 Å². The summed E-state index contributed by atoms with van der Waals surface area (Å²) in [7, 11) is 0. The van der Waals surface area contributed by atoms with E-state index in [2.05, 4.69) is 11.2 Å². The normalized spacial score (nSPS) is 13.5. The molecule has 7 nitrogen and oxygen atoms in total. The van der Waals surface area contributed by atoms with Crippen LogP contribution in [0.1, 0.15) is 37.7 Å². The molecular weight excluding hydrogens is 324 g/mol. The number of hydroxylamine groups is 2. The van der Waals surface area contributed by atoms with Crippen LogP contribution in [-0.2, 0) is 30.4 Å². The van der Waals surface area contributed by atoms with E-state index >= 15 is 0 Å². The van der Waals surface area contributed by atoms with E-state index in [-0.39, 0.29) is 31.6 Å². The molecule has 1 aromatic carbocycles. The van der Waals surface area contributed by atoms with Crippen molar-refractivity contribution in [2.24, 2.45) is 0 Å². The van der Waals surface area contributed by atoms with Gasteiger partial charge in [0.2, 0.25) is 5.91 Å². The predicted molar refractivity (Wildman–Crippen MR) is 88.6 cm³/mol. The Morgan fingerprint density at radius 3 is 2.40 bits per heavy atom. The number of rotatable bonds is 7. The number of carbonyl (C=O) groups is 4. The molecule has 1 aromatic rings. The lowest BCUT2D eigenvalue weighted by Gasteiger charge is -2.12. The second-order valence-corrected chi connectivity index (χ2v) is 5.52. The van der Waals surface area contributed by atoms with Crippen molar-refractivity contribution in [2.75, 3.05) is 5.32 Å². The third-order valence-electron chi connectivity index (χ3n) is 3.55. The Morgan fingerprint density at radius 1 is 1.16 bits per heavy atom. The first-order valence-electron chi connectivity index (χ1n) is 7.88. The number of carbonyl (C=O) groups excluding carboxylic acids is 4. The third-order valence-corrected chi connectivity index (χ3v) is 3.55. The van der Waals surface area contributed by atoms with Gasteiger partial charge in [0.15, 0.2) is 0 Å². The Hall–Kier alpha value is -3.14. The molecule has 1 aliphatic heterocycles. The molecule has 0 radical (unpaired) electrons. The van der Waals surface area contributed by atoms with Crippen LogP contribution in [0.15, 0.2) is 24.3 Å². The highest BCUT2D eigenvalue weighted by Crippen LogP contribution is 2.15. The quantitative estimate of drug-likeness (QED) is 0.600. The molecule has 0 aromatic heterocycles. The van der Waals surface area contributed by atoms with Gasteiger partial charge in [-0.05, 0) is 30.5 Å². The van der Waals surface area contributed by atoms with E-state index in [0.717, 1.165) is 5.56 Å². The molecule has 3 amide bonds. The summed E-state index contributed by atoms with van der Waals surface area (Å²) in [6.07, 6.45) is 6.47. The highest BCUT2D eigenvalue weighted by Gasteiger charge is 2.32. The molecule has 0 bridgehead atoms. The molecule has 130 valence electrons. The van der Waals surface area contributed by atoms with Crippen LogP contribution in [0.25, 0.3) is 0 Å². The zero-order valence-electron chi connectivity index (χ0n) is 13.6. The van der Waals surface area contributed by atoms with E-state index in [0.29, 0.717) is 23.6 Å². The Bertz CT molecular complexity index is 702. The number of anilines is 1. The minimum Gasteiger partial charge on any atom is -0.330 e. The van der Waals surface area contributed by atoms with Crippen molar-refractivity contribution in [3.05, 3.63) is 29.8 Å². The summed E-state index contributed by atoms with van der Waals surface area (Å²) in [5.74, 6) is 0.441. The van der Waals surface area contributed by atoms with Crippen molar-refractivity contribution in [1.82, 2.24) is 5.06 Å². The third kappa shape index (κ3) is 5.46. The lowest BCUT2D eigenvalue weighted by Crippen LogP contribution is -2.31. The zero-order valence-corrected chi connectivity index (χ0v) is 13.6. The van der Waals surface area contributed by atoms with Crippen molar-refractivity contribution in [3.63, 3.8) is 0 Å². The molecule has 0 spiro atoms. The SMILES string of the molecule is C#CCC(=O)Nc1ccc(CCCC(=O)ON2C(=O)CCC2=O)cc1. The van der Waals surface area contributed by atoms with Crippen LogP contribution in [0.4, 0.5) is 5.69 Å². The van der Waals surface area contributed by atoms with Crippen molar-refractivity contribution >= 4 is 29.4 Å². The van der Waals surface area contributed by atoms with Gasteiger partial charge in [-0.1, -0.05) is 18.1 Å². The first-order valence-corrected chi connectivity index (χ1v) is 7.88. The molecule has 0 unspecified atom stereocenters. The number of aryl methyl sites for hydroxylation is 1. The largest absolute Gasteiger partial charge is 0.333 e. The number of hydrogen-bond donors (Lipinski definition) is 1. The minimum absolute atomic E-state index is 0.0197. The summed E-state index contributed by atoms with van der Waals surface area (Å²) in [6, 6.07) is 7.18. The fourth-order valence-electron chi connectivity index (χ4n) is 2.29. The number of hydrogen-bond acceptors (Lipinski definition) is 5. The van der Waals surface area contributed by atoms with Crippen molar-refractivity contribution in [2.45, 2.75) is 38.5 Å². The Labute approximate surface area is 145 Å². The van der Waals surface area contributed by atoms with Crippen LogP contribution >= 0.6 is 0 Å². The van der Waals surface area contributed by atoms with Crippen molar-refractivity contribution < 1.29 is 24.0 Å². The number of amides is 3. The number of imide groups is 1. The van der Waals surface area contributed by atoms with Gasteiger partial charge in [0.25, 0.3) is 11.8 Å². The number of nitrogens with one attached hydrogen (secondary N) is 1. The average molecular weight is 342 g/mol. The van der Waals surface area contributed by atoms with E-state index in [4.69, 9.17) is 11.3 Å². The summed E-state index contributed by atoms with van der Waals surface area (Å²) in [5, 5.41) is 3.22. The van der Waals surface area contributed by atoms with Gasteiger partial charge in [-0.3, -0.25) is 14.4 Å². The van der Waals surface area contributed by atoms with Crippen molar-refractivity contribution in [1.29, 1.82) is 0 Å². The monoisotopic (exact) mass is 342 g/mol. The van der Waals surface area contributed by atoms with Crippen LogP contribution in [0.2, 0.25) is 0 Å². The Balaban J connectivity index is 1.73. The van der Waals surface area contributed by atoms with Gasteiger partial charge < -0.3 is 10.2 Å². The van der Waals surface area contributed by atoms with Crippen LogP contribution in [0.3, 0.4) is 0 Å². The van der Waals surface area contributed by atoms with Crippen LogP contribution in [0.5, 0.6) is 0 Å². The molecule has 1 aliphatic rings. The Kier molecular flexibility index (Phi) is 6.29. The van der Waals surface area contributed by atoms with Crippen molar-refractivity contribution in [3.8, 4) is 12.3 Å². The fraction of sp³-hybridized carbons (Fsp3) is 0.333. The van der Waals surface area contributed by atoms with Gasteiger partial charge in [-0.2, -0.15) is 0 Å². The molecule has 0 aliphatic carbocycles. The summed E-state index contributed by atoms with van der Waals surface area (Å²) in [4.78, 5) is 50.6. The number of nitrogens with zero attached hydrogens (tertiary/aromatic N) is 1. The van der Waals surface area contributed by atoms with E-state index < -0.39 is 17.8 Å². The molecule has 1 heterocycles. The van der Waals surface area contributed by atoms with Crippen LogP contribution < -0.4 is 5.32 Å². The molecule has 1 fully saturated rings. The highest BCUT2D eigenvalue weighted by atomic mass is 16.7. The maximum absolute atomic E-state index is 11.7. The first kappa shape index (κ1) is 18.2. The van der Waals surface area contributed by atoms with Gasteiger partial charge >= 0.3 is 5.97 Å². The summed E-state index contributed by atoms with van der Waals surface area (Å²) in [5.41, 5.74) is 1.63. The number of benzene rings is 1. The summed E-state index contributed by atoms with van der Waals surface area (Å²) in [6.45, 7) is 0. The molecule has 2 rings (SSSR count). The predicted octanol–water partition coefficient (Wildman–Crippen LogP) is 1.58. The molecule has 1 saturated heterocycles. The molecule has 7 heteroatoms. The maximum Gasteiger partial charge on any atom is 0.333 e. The lowest BCUT2D eigenvalue weighted by molar-refractivity contribution is -0.197. The number of terminal acetylenes is 1. The van der Waals surface area contributed by atoms with Gasteiger partial charge in [0.1, 0.15) is 0 Å². The van der Waals surface area contributed by atoms with E-state index in [1.165, 1.54) is 0 Å².